The zero-order chi connectivity index (χ0) is 19.8. The number of benzene rings is 3. The molecule has 0 bridgehead atoms. The van der Waals surface area contributed by atoms with Gasteiger partial charge in [0.15, 0.2) is 0 Å². The highest BCUT2D eigenvalue weighted by Crippen LogP contribution is 2.17. The van der Waals surface area contributed by atoms with Crippen molar-refractivity contribution in [3.63, 3.8) is 0 Å². The summed E-state index contributed by atoms with van der Waals surface area (Å²) < 4.78 is 5.29. The van der Waals surface area contributed by atoms with Gasteiger partial charge in [0.25, 0.3) is 5.91 Å². The van der Waals surface area contributed by atoms with E-state index in [-0.39, 0.29) is 11.8 Å². The Bertz CT molecular complexity index is 938. The summed E-state index contributed by atoms with van der Waals surface area (Å²) in [7, 11) is 1.60. The molecule has 0 radical (unpaired) electrons. The van der Waals surface area contributed by atoms with E-state index in [0.29, 0.717) is 24.2 Å². The van der Waals surface area contributed by atoms with Gasteiger partial charge in [-0.25, -0.2) is 0 Å². The van der Waals surface area contributed by atoms with Crippen LogP contribution in [0.5, 0.6) is 5.75 Å². The van der Waals surface area contributed by atoms with Crippen molar-refractivity contribution >= 4 is 17.5 Å². The first-order valence-electron chi connectivity index (χ1n) is 8.99. The third kappa shape index (κ3) is 5.20. The molecule has 3 rings (SSSR count). The third-order valence-corrected chi connectivity index (χ3v) is 4.27. The Morgan fingerprint density at radius 2 is 1.54 bits per heavy atom. The molecule has 0 aliphatic rings. The van der Waals surface area contributed by atoms with E-state index in [0.717, 1.165) is 16.9 Å². The van der Waals surface area contributed by atoms with Crippen LogP contribution in [-0.2, 0) is 17.8 Å². The lowest BCUT2D eigenvalue weighted by molar-refractivity contribution is -0.115. The number of hydrogen-bond acceptors (Lipinski definition) is 3. The van der Waals surface area contributed by atoms with E-state index in [2.05, 4.69) is 10.6 Å². The number of amides is 2. The fourth-order valence-corrected chi connectivity index (χ4v) is 2.82. The fourth-order valence-electron chi connectivity index (χ4n) is 2.82. The molecule has 0 spiro atoms. The van der Waals surface area contributed by atoms with Crippen LogP contribution in [0.15, 0.2) is 78.9 Å². The monoisotopic (exact) mass is 374 g/mol. The van der Waals surface area contributed by atoms with Crippen molar-refractivity contribution in [1.29, 1.82) is 0 Å². The largest absolute Gasteiger partial charge is 0.496 e. The van der Waals surface area contributed by atoms with Gasteiger partial charge in [0, 0.05) is 23.4 Å². The molecule has 2 N–H and O–H groups in total. The second-order valence-electron chi connectivity index (χ2n) is 6.28. The second-order valence-corrected chi connectivity index (χ2v) is 6.28. The van der Waals surface area contributed by atoms with Gasteiger partial charge < -0.3 is 15.4 Å². The summed E-state index contributed by atoms with van der Waals surface area (Å²) in [5, 5.41) is 5.72. The summed E-state index contributed by atoms with van der Waals surface area (Å²) in [5.74, 6) is 0.451. The maximum Gasteiger partial charge on any atom is 0.251 e. The van der Waals surface area contributed by atoms with Crippen molar-refractivity contribution < 1.29 is 14.3 Å². The van der Waals surface area contributed by atoms with E-state index in [4.69, 9.17) is 4.74 Å². The van der Waals surface area contributed by atoms with E-state index in [9.17, 15) is 9.59 Å². The van der Waals surface area contributed by atoms with E-state index in [1.807, 2.05) is 54.6 Å². The van der Waals surface area contributed by atoms with Crippen molar-refractivity contribution in [3.05, 3.63) is 95.6 Å². The zero-order valence-corrected chi connectivity index (χ0v) is 15.6. The van der Waals surface area contributed by atoms with E-state index in [1.165, 1.54) is 0 Å². The fraction of sp³-hybridized carbons (Fsp3) is 0.130. The highest BCUT2D eigenvalue weighted by molar-refractivity contribution is 5.96. The standard InChI is InChI=1S/C23H22N2O3/c1-28-21-10-6-5-9-19(21)16-24-23(27)18-11-13-20(14-12-18)25-22(26)15-17-7-3-2-4-8-17/h2-14H,15-16H2,1H3,(H,24,27)(H,25,26). The Labute approximate surface area is 164 Å². The molecule has 0 aromatic heterocycles. The van der Waals surface area contributed by atoms with Gasteiger partial charge in [0.05, 0.1) is 13.5 Å². The first kappa shape index (κ1) is 19.2. The maximum absolute atomic E-state index is 12.4. The number of ether oxygens (including phenoxy) is 1. The number of anilines is 1. The first-order chi connectivity index (χ1) is 13.7. The Balaban J connectivity index is 1.54. The summed E-state index contributed by atoms with van der Waals surface area (Å²) in [6.45, 7) is 0.373. The highest BCUT2D eigenvalue weighted by atomic mass is 16.5. The van der Waals surface area contributed by atoms with Crippen molar-refractivity contribution in [2.24, 2.45) is 0 Å². The molecule has 3 aromatic carbocycles. The van der Waals surface area contributed by atoms with Gasteiger partial charge in [-0.3, -0.25) is 9.59 Å². The van der Waals surface area contributed by atoms with Crippen LogP contribution in [0.2, 0.25) is 0 Å². The van der Waals surface area contributed by atoms with Crippen LogP contribution in [0.4, 0.5) is 5.69 Å². The topological polar surface area (TPSA) is 67.4 Å². The van der Waals surface area contributed by atoms with Crippen LogP contribution in [0.3, 0.4) is 0 Å². The minimum Gasteiger partial charge on any atom is -0.496 e. The molecule has 2 amide bonds. The van der Waals surface area contributed by atoms with Crippen molar-refractivity contribution in [1.82, 2.24) is 5.32 Å². The number of carbonyl (C=O) groups excluding carboxylic acids is 2. The van der Waals surface area contributed by atoms with Gasteiger partial charge in [0.1, 0.15) is 5.75 Å². The molecule has 0 aliphatic heterocycles. The number of nitrogens with one attached hydrogen (secondary N) is 2. The van der Waals surface area contributed by atoms with Crippen LogP contribution in [-0.4, -0.2) is 18.9 Å². The molecule has 0 fully saturated rings. The number of hydrogen-bond donors (Lipinski definition) is 2. The highest BCUT2D eigenvalue weighted by Gasteiger charge is 2.09. The van der Waals surface area contributed by atoms with Gasteiger partial charge in [-0.15, -0.1) is 0 Å². The van der Waals surface area contributed by atoms with E-state index >= 15 is 0 Å². The normalized spacial score (nSPS) is 10.2. The molecule has 0 aliphatic carbocycles. The predicted molar refractivity (Wildman–Crippen MR) is 109 cm³/mol. The summed E-state index contributed by atoms with van der Waals surface area (Å²) in [5.41, 5.74) is 3.04. The quantitative estimate of drug-likeness (QED) is 0.661. The molecular formula is C23H22N2O3. The molecule has 0 saturated heterocycles. The average Bonchev–Trinajstić information content (AvgIpc) is 2.73. The molecule has 0 unspecified atom stereocenters. The summed E-state index contributed by atoms with van der Waals surface area (Å²) in [6, 6.07) is 23.9. The smallest absolute Gasteiger partial charge is 0.251 e. The Morgan fingerprint density at radius 1 is 0.857 bits per heavy atom. The average molecular weight is 374 g/mol. The molecule has 5 nitrogen and oxygen atoms in total. The van der Waals surface area contributed by atoms with Crippen LogP contribution < -0.4 is 15.4 Å². The van der Waals surface area contributed by atoms with Crippen LogP contribution >= 0.6 is 0 Å². The lowest BCUT2D eigenvalue weighted by Crippen LogP contribution is -2.23. The van der Waals surface area contributed by atoms with Gasteiger partial charge in [0.2, 0.25) is 5.91 Å². The number of para-hydroxylation sites is 1. The molecule has 0 heterocycles. The van der Waals surface area contributed by atoms with Gasteiger partial charge in [-0.1, -0.05) is 48.5 Å². The van der Waals surface area contributed by atoms with Crippen LogP contribution in [0.1, 0.15) is 21.5 Å². The maximum atomic E-state index is 12.4. The summed E-state index contributed by atoms with van der Waals surface area (Å²) >= 11 is 0. The minimum absolute atomic E-state index is 0.0976. The Morgan fingerprint density at radius 3 is 2.25 bits per heavy atom. The molecular weight excluding hydrogens is 352 g/mol. The van der Waals surface area contributed by atoms with Gasteiger partial charge >= 0.3 is 0 Å². The zero-order valence-electron chi connectivity index (χ0n) is 15.6. The molecule has 0 atom stereocenters. The summed E-state index contributed by atoms with van der Waals surface area (Å²) in [6.07, 6.45) is 0.308. The number of methoxy groups -OCH3 is 1. The van der Waals surface area contributed by atoms with Crippen molar-refractivity contribution in [3.8, 4) is 5.75 Å². The second kappa shape index (κ2) is 9.37. The summed E-state index contributed by atoms with van der Waals surface area (Å²) in [4.78, 5) is 24.5. The van der Waals surface area contributed by atoms with Crippen molar-refractivity contribution in [2.75, 3.05) is 12.4 Å². The molecule has 5 heteroatoms. The minimum atomic E-state index is -0.187. The Hall–Kier alpha value is -3.60. The van der Waals surface area contributed by atoms with E-state index < -0.39 is 0 Å². The lowest BCUT2D eigenvalue weighted by Gasteiger charge is -2.10. The molecule has 0 saturated carbocycles. The van der Waals surface area contributed by atoms with E-state index in [1.54, 1.807) is 31.4 Å². The van der Waals surface area contributed by atoms with Gasteiger partial charge in [-0.05, 0) is 35.9 Å². The molecule has 28 heavy (non-hydrogen) atoms. The Kier molecular flexibility index (Phi) is 6.41. The number of carbonyl (C=O) groups is 2. The molecule has 3 aromatic rings. The first-order valence-corrected chi connectivity index (χ1v) is 8.99. The third-order valence-electron chi connectivity index (χ3n) is 4.27. The lowest BCUT2D eigenvalue weighted by atomic mass is 10.1. The van der Waals surface area contributed by atoms with Crippen LogP contribution in [0.25, 0.3) is 0 Å². The number of rotatable bonds is 7. The SMILES string of the molecule is COc1ccccc1CNC(=O)c1ccc(NC(=O)Cc2ccccc2)cc1. The molecule has 142 valence electrons. The van der Waals surface area contributed by atoms with Crippen molar-refractivity contribution in [2.45, 2.75) is 13.0 Å². The van der Waals surface area contributed by atoms with Crippen LogP contribution in [0, 0.1) is 0 Å². The predicted octanol–water partition coefficient (Wildman–Crippen LogP) is 3.81. The van der Waals surface area contributed by atoms with Gasteiger partial charge in [-0.2, -0.15) is 0 Å².